The summed E-state index contributed by atoms with van der Waals surface area (Å²) in [5.41, 5.74) is 1.79. The number of carbonyl (C=O) groups excluding carboxylic acids is 1. The molecule has 9 heteroatoms. The number of benzene rings is 1. The molecule has 1 aromatic carbocycles. The number of aromatic nitrogens is 4. The monoisotopic (exact) mass is 455 g/mol. The lowest BCUT2D eigenvalue weighted by molar-refractivity contribution is -0.119. The minimum atomic E-state index is -0.451. The Morgan fingerprint density at radius 3 is 2.77 bits per heavy atom. The maximum absolute atomic E-state index is 12.5. The molecule has 0 aliphatic carbocycles. The third kappa shape index (κ3) is 4.11. The molecule has 0 spiro atoms. The van der Waals surface area contributed by atoms with Crippen molar-refractivity contribution in [3.63, 3.8) is 0 Å². The van der Waals surface area contributed by atoms with Gasteiger partial charge in [0.2, 0.25) is 5.91 Å². The predicted molar refractivity (Wildman–Crippen MR) is 106 cm³/mol. The van der Waals surface area contributed by atoms with Crippen LogP contribution < -0.4 is 5.32 Å². The minimum Gasteiger partial charge on any atom is -0.306 e. The summed E-state index contributed by atoms with van der Waals surface area (Å²) in [6.45, 7) is 4.14. The topological polar surface area (TPSA) is 64.7 Å². The molecule has 0 bridgehead atoms. The van der Waals surface area contributed by atoms with Crippen LogP contribution in [-0.4, -0.2) is 25.5 Å². The number of nitrogens with zero attached hydrogens (tertiary/aromatic N) is 4. The van der Waals surface area contributed by atoms with Crippen molar-refractivity contribution in [2.24, 2.45) is 0 Å². The minimum absolute atomic E-state index is 0.202. The Hall–Kier alpha value is -1.83. The molecule has 6 nitrogen and oxygen atoms in total. The van der Waals surface area contributed by atoms with Crippen LogP contribution in [0.2, 0.25) is 10.0 Å². The Kier molecular flexibility index (Phi) is 5.70. The van der Waals surface area contributed by atoms with Crippen LogP contribution in [0.5, 0.6) is 0 Å². The summed E-state index contributed by atoms with van der Waals surface area (Å²) in [5.74, 6) is 0.240. The van der Waals surface area contributed by atoms with E-state index in [1.165, 1.54) is 0 Å². The lowest BCUT2D eigenvalue weighted by Crippen LogP contribution is -2.25. The van der Waals surface area contributed by atoms with Gasteiger partial charge in [0.15, 0.2) is 5.82 Å². The number of nitrogens with one attached hydrogen (secondary N) is 1. The summed E-state index contributed by atoms with van der Waals surface area (Å²) in [7, 11) is 0. The van der Waals surface area contributed by atoms with Crippen molar-refractivity contribution >= 4 is 50.9 Å². The molecule has 1 atom stereocenters. The number of rotatable bonds is 5. The number of hydrogen-bond acceptors (Lipinski definition) is 3. The van der Waals surface area contributed by atoms with E-state index in [1.807, 2.05) is 19.1 Å². The van der Waals surface area contributed by atoms with E-state index in [0.717, 1.165) is 11.3 Å². The lowest BCUT2D eigenvalue weighted by Gasteiger charge is -2.13. The van der Waals surface area contributed by atoms with E-state index in [4.69, 9.17) is 23.2 Å². The smallest absolute Gasteiger partial charge is 0.250 e. The number of halogens is 3. The summed E-state index contributed by atoms with van der Waals surface area (Å²) in [6, 6.07) is 6.71. The zero-order chi connectivity index (χ0) is 18.8. The average molecular weight is 457 g/mol. The molecule has 26 heavy (non-hydrogen) atoms. The second-order valence-electron chi connectivity index (χ2n) is 5.84. The largest absolute Gasteiger partial charge is 0.306 e. The molecule has 3 aromatic rings. The SMILES string of the molecule is Cc1ccnn1C(C)C(=O)Nc1nn(Cc2ccc(Cl)cc2Cl)cc1Br. The van der Waals surface area contributed by atoms with E-state index >= 15 is 0 Å². The third-order valence-corrected chi connectivity index (χ3v) is 5.09. The quantitative estimate of drug-likeness (QED) is 0.604. The number of anilines is 1. The molecule has 1 unspecified atom stereocenters. The van der Waals surface area contributed by atoms with Gasteiger partial charge >= 0.3 is 0 Å². The molecule has 1 N–H and O–H groups in total. The van der Waals surface area contributed by atoms with Crippen molar-refractivity contribution in [2.45, 2.75) is 26.4 Å². The Bertz CT molecular complexity index is 953. The maximum atomic E-state index is 12.5. The molecule has 0 saturated heterocycles. The van der Waals surface area contributed by atoms with Gasteiger partial charge in [0.05, 0.1) is 11.0 Å². The van der Waals surface area contributed by atoms with E-state index in [9.17, 15) is 4.79 Å². The van der Waals surface area contributed by atoms with Crippen molar-refractivity contribution in [2.75, 3.05) is 5.32 Å². The average Bonchev–Trinajstić information content (AvgIpc) is 3.15. The first-order valence-corrected chi connectivity index (χ1v) is 9.38. The fourth-order valence-electron chi connectivity index (χ4n) is 2.51. The molecule has 3 rings (SSSR count). The van der Waals surface area contributed by atoms with E-state index in [-0.39, 0.29) is 5.91 Å². The zero-order valence-corrected chi connectivity index (χ0v) is 17.2. The van der Waals surface area contributed by atoms with Crippen molar-refractivity contribution in [3.8, 4) is 0 Å². The molecular weight excluding hydrogens is 441 g/mol. The van der Waals surface area contributed by atoms with Gasteiger partial charge in [0, 0.05) is 28.1 Å². The number of hydrogen-bond donors (Lipinski definition) is 1. The summed E-state index contributed by atoms with van der Waals surface area (Å²) in [6.07, 6.45) is 3.45. The van der Waals surface area contributed by atoms with Gasteiger partial charge in [0.25, 0.3) is 0 Å². The van der Waals surface area contributed by atoms with Gasteiger partial charge in [-0.2, -0.15) is 10.2 Å². The molecule has 0 aliphatic rings. The third-order valence-electron chi connectivity index (χ3n) is 3.92. The van der Waals surface area contributed by atoms with Crippen LogP contribution in [0, 0.1) is 6.92 Å². The molecule has 1 amide bonds. The Morgan fingerprint density at radius 1 is 1.35 bits per heavy atom. The van der Waals surface area contributed by atoms with Crippen LogP contribution in [0.1, 0.15) is 24.2 Å². The molecule has 0 fully saturated rings. The number of carbonyl (C=O) groups is 1. The fraction of sp³-hybridized carbons (Fsp3) is 0.235. The Morgan fingerprint density at radius 2 is 2.12 bits per heavy atom. The van der Waals surface area contributed by atoms with E-state index in [0.29, 0.717) is 26.9 Å². The molecule has 0 radical (unpaired) electrons. The van der Waals surface area contributed by atoms with Gasteiger partial charge in [-0.1, -0.05) is 29.3 Å². The highest BCUT2D eigenvalue weighted by Crippen LogP contribution is 2.25. The van der Waals surface area contributed by atoms with Crippen LogP contribution in [0.25, 0.3) is 0 Å². The summed E-state index contributed by atoms with van der Waals surface area (Å²) in [5, 5.41) is 12.6. The Balaban J connectivity index is 1.74. The number of aryl methyl sites for hydroxylation is 1. The van der Waals surface area contributed by atoms with Gasteiger partial charge in [-0.05, 0) is 53.5 Å². The van der Waals surface area contributed by atoms with E-state index < -0.39 is 6.04 Å². The van der Waals surface area contributed by atoms with Crippen LogP contribution in [-0.2, 0) is 11.3 Å². The number of amides is 1. The van der Waals surface area contributed by atoms with Gasteiger partial charge in [-0.25, -0.2) is 0 Å². The van der Waals surface area contributed by atoms with Crippen LogP contribution >= 0.6 is 39.1 Å². The van der Waals surface area contributed by atoms with E-state index in [1.54, 1.807) is 40.8 Å². The van der Waals surface area contributed by atoms with Crippen LogP contribution in [0.4, 0.5) is 5.82 Å². The molecule has 136 valence electrons. The fourth-order valence-corrected chi connectivity index (χ4v) is 3.39. The highest BCUT2D eigenvalue weighted by molar-refractivity contribution is 9.10. The molecule has 2 heterocycles. The van der Waals surface area contributed by atoms with Crippen molar-refractivity contribution in [1.82, 2.24) is 19.6 Å². The molecule has 0 saturated carbocycles. The van der Waals surface area contributed by atoms with Gasteiger partial charge in [-0.3, -0.25) is 14.2 Å². The highest BCUT2D eigenvalue weighted by atomic mass is 79.9. The van der Waals surface area contributed by atoms with Crippen LogP contribution in [0.15, 0.2) is 41.1 Å². The summed E-state index contributed by atoms with van der Waals surface area (Å²) < 4.78 is 4.03. The second kappa shape index (κ2) is 7.82. The lowest BCUT2D eigenvalue weighted by atomic mass is 10.2. The van der Waals surface area contributed by atoms with Crippen LogP contribution in [0.3, 0.4) is 0 Å². The summed E-state index contributed by atoms with van der Waals surface area (Å²) in [4.78, 5) is 12.5. The first-order valence-electron chi connectivity index (χ1n) is 7.83. The van der Waals surface area contributed by atoms with Crippen molar-refractivity contribution in [3.05, 3.63) is 62.4 Å². The normalized spacial score (nSPS) is 12.2. The second-order valence-corrected chi connectivity index (χ2v) is 7.54. The highest BCUT2D eigenvalue weighted by Gasteiger charge is 2.19. The predicted octanol–water partition coefficient (Wildman–Crippen LogP) is 4.71. The maximum Gasteiger partial charge on any atom is 0.250 e. The first kappa shape index (κ1) is 18.9. The van der Waals surface area contributed by atoms with E-state index in [2.05, 4.69) is 31.4 Å². The molecule has 0 aliphatic heterocycles. The van der Waals surface area contributed by atoms with Gasteiger partial charge < -0.3 is 5.32 Å². The van der Waals surface area contributed by atoms with Crippen molar-refractivity contribution < 1.29 is 4.79 Å². The van der Waals surface area contributed by atoms with Gasteiger partial charge in [0.1, 0.15) is 6.04 Å². The Labute approximate surface area is 169 Å². The molecular formula is C17H16BrCl2N5O. The van der Waals surface area contributed by atoms with Crippen molar-refractivity contribution in [1.29, 1.82) is 0 Å². The zero-order valence-electron chi connectivity index (χ0n) is 14.1. The van der Waals surface area contributed by atoms with Gasteiger partial charge in [-0.15, -0.1) is 0 Å². The summed E-state index contributed by atoms with van der Waals surface area (Å²) >= 11 is 15.6. The first-order chi connectivity index (χ1) is 12.3. The molecule has 2 aromatic heterocycles. The standard InChI is InChI=1S/C17H16BrCl2N5O/c1-10-5-6-21-25(10)11(2)17(26)22-16-14(18)9-24(23-16)8-12-3-4-13(19)7-15(12)20/h3-7,9,11H,8H2,1-2H3,(H,22,23,26).